The Morgan fingerprint density at radius 3 is 2.55 bits per heavy atom. The molecule has 0 saturated carbocycles. The fourth-order valence-corrected chi connectivity index (χ4v) is 2.61. The molecule has 0 bridgehead atoms. The normalized spacial score (nSPS) is 11.2. The summed E-state index contributed by atoms with van der Waals surface area (Å²) in [5.74, 6) is 0.861. The van der Waals surface area contributed by atoms with Gasteiger partial charge in [-0.1, -0.05) is 32.8 Å². The van der Waals surface area contributed by atoms with E-state index in [-0.39, 0.29) is 6.10 Å². The number of nitrogens with two attached hydrogens (primary N) is 1. The van der Waals surface area contributed by atoms with E-state index in [1.807, 2.05) is 31.2 Å². The number of benzene rings is 1. The number of rotatable bonds is 6. The maximum Gasteiger partial charge on any atom is 0.131 e. The molecule has 0 radical (unpaired) electrons. The van der Waals surface area contributed by atoms with E-state index in [2.05, 4.69) is 18.8 Å². The molecular formula is C17H24N2O. The van der Waals surface area contributed by atoms with Crippen LogP contribution in [0.4, 0.5) is 5.69 Å². The van der Waals surface area contributed by atoms with Crippen molar-refractivity contribution in [1.29, 1.82) is 0 Å². The molecule has 108 valence electrons. The van der Waals surface area contributed by atoms with E-state index in [0.29, 0.717) is 0 Å². The average molecular weight is 272 g/mol. The highest BCUT2D eigenvalue weighted by Gasteiger charge is 2.13. The van der Waals surface area contributed by atoms with Crippen LogP contribution in [0.3, 0.4) is 0 Å². The number of anilines is 1. The van der Waals surface area contributed by atoms with Crippen molar-refractivity contribution >= 4 is 16.6 Å². The average Bonchev–Trinajstić information content (AvgIpc) is 2.38. The van der Waals surface area contributed by atoms with Crippen LogP contribution in [0.1, 0.15) is 45.2 Å². The Labute approximate surface area is 121 Å². The Balaban J connectivity index is 2.38. The molecule has 3 nitrogen and oxygen atoms in total. The topological polar surface area (TPSA) is 48.1 Å². The number of hydrogen-bond acceptors (Lipinski definition) is 3. The van der Waals surface area contributed by atoms with Crippen molar-refractivity contribution in [2.45, 2.75) is 52.6 Å². The van der Waals surface area contributed by atoms with E-state index < -0.39 is 0 Å². The van der Waals surface area contributed by atoms with Crippen molar-refractivity contribution in [3.8, 4) is 5.75 Å². The Morgan fingerprint density at radius 1 is 1.20 bits per heavy atom. The summed E-state index contributed by atoms with van der Waals surface area (Å²) >= 11 is 0. The summed E-state index contributed by atoms with van der Waals surface area (Å²) in [6, 6.07) is 7.87. The zero-order chi connectivity index (χ0) is 14.5. The van der Waals surface area contributed by atoms with Gasteiger partial charge in [0.25, 0.3) is 0 Å². The van der Waals surface area contributed by atoms with Crippen LogP contribution in [0, 0.1) is 6.92 Å². The molecular weight excluding hydrogens is 248 g/mol. The van der Waals surface area contributed by atoms with Crippen LogP contribution in [0.25, 0.3) is 10.9 Å². The molecule has 0 saturated heterocycles. The second-order valence-electron chi connectivity index (χ2n) is 5.32. The molecule has 1 aromatic carbocycles. The number of hydrogen-bond donors (Lipinski definition) is 1. The van der Waals surface area contributed by atoms with Crippen LogP contribution in [-0.4, -0.2) is 11.1 Å². The van der Waals surface area contributed by atoms with Crippen LogP contribution in [-0.2, 0) is 0 Å². The van der Waals surface area contributed by atoms with E-state index in [9.17, 15) is 0 Å². The summed E-state index contributed by atoms with van der Waals surface area (Å²) in [6.07, 6.45) is 4.66. The number of aromatic nitrogens is 1. The number of nitrogen functional groups attached to an aromatic ring is 1. The molecule has 2 aromatic rings. The molecule has 1 heterocycles. The molecule has 0 amide bonds. The maximum absolute atomic E-state index is 6.21. The maximum atomic E-state index is 6.21. The third kappa shape index (κ3) is 3.21. The number of ether oxygens (including phenoxy) is 1. The van der Waals surface area contributed by atoms with Crippen LogP contribution in [0.2, 0.25) is 0 Å². The van der Waals surface area contributed by atoms with Gasteiger partial charge >= 0.3 is 0 Å². The third-order valence-corrected chi connectivity index (χ3v) is 3.47. The molecule has 0 atom stereocenters. The van der Waals surface area contributed by atoms with Crippen LogP contribution < -0.4 is 10.5 Å². The highest BCUT2D eigenvalue weighted by atomic mass is 16.5. The molecule has 0 fully saturated rings. The van der Waals surface area contributed by atoms with Crippen molar-refractivity contribution in [3.05, 3.63) is 30.0 Å². The van der Waals surface area contributed by atoms with E-state index in [1.54, 1.807) is 0 Å². The first-order valence-electron chi connectivity index (χ1n) is 7.48. The number of pyridine rings is 1. The standard InChI is InChI=1S/C17H24N2O/c1-4-7-13(8-5-2)20-16-10-6-9-15-17(16)14(18)11-12(3)19-15/h6,9-11,13H,4-5,7-8H2,1-3H3,(H2,18,19). The predicted octanol–water partition coefficient (Wildman–Crippen LogP) is 4.47. The fraction of sp³-hybridized carbons (Fsp3) is 0.471. The van der Waals surface area contributed by atoms with Gasteiger partial charge in [0.1, 0.15) is 5.75 Å². The summed E-state index contributed by atoms with van der Waals surface area (Å²) < 4.78 is 6.21. The predicted molar refractivity (Wildman–Crippen MR) is 85.1 cm³/mol. The monoisotopic (exact) mass is 272 g/mol. The van der Waals surface area contributed by atoms with Gasteiger partial charge in [-0.15, -0.1) is 0 Å². The van der Waals surface area contributed by atoms with Gasteiger partial charge in [0, 0.05) is 11.4 Å². The largest absolute Gasteiger partial charge is 0.490 e. The summed E-state index contributed by atoms with van der Waals surface area (Å²) in [5.41, 5.74) is 8.75. The van der Waals surface area contributed by atoms with Gasteiger partial charge < -0.3 is 10.5 Å². The summed E-state index contributed by atoms with van der Waals surface area (Å²) in [4.78, 5) is 4.54. The number of nitrogens with zero attached hydrogens (tertiary/aromatic N) is 1. The van der Waals surface area contributed by atoms with Crippen LogP contribution in [0.5, 0.6) is 5.75 Å². The SMILES string of the molecule is CCCC(CCC)Oc1cccc2nc(C)cc(N)c12. The van der Waals surface area contributed by atoms with E-state index in [0.717, 1.165) is 53.7 Å². The minimum atomic E-state index is 0.260. The highest BCUT2D eigenvalue weighted by molar-refractivity contribution is 5.95. The van der Waals surface area contributed by atoms with Crippen molar-refractivity contribution < 1.29 is 4.74 Å². The van der Waals surface area contributed by atoms with Gasteiger partial charge in [-0.05, 0) is 38.0 Å². The van der Waals surface area contributed by atoms with Crippen molar-refractivity contribution in [1.82, 2.24) is 4.98 Å². The molecule has 20 heavy (non-hydrogen) atoms. The molecule has 0 unspecified atom stereocenters. The molecule has 0 aliphatic rings. The molecule has 0 spiro atoms. The Morgan fingerprint density at radius 2 is 1.90 bits per heavy atom. The first-order valence-corrected chi connectivity index (χ1v) is 7.48. The lowest BCUT2D eigenvalue weighted by molar-refractivity contribution is 0.181. The fourth-order valence-electron chi connectivity index (χ4n) is 2.61. The molecule has 1 aromatic heterocycles. The van der Waals surface area contributed by atoms with E-state index in [4.69, 9.17) is 10.5 Å². The summed E-state index contributed by atoms with van der Waals surface area (Å²) in [6.45, 7) is 6.34. The second-order valence-corrected chi connectivity index (χ2v) is 5.32. The zero-order valence-electron chi connectivity index (χ0n) is 12.6. The number of fused-ring (bicyclic) bond motifs is 1. The van der Waals surface area contributed by atoms with Crippen LogP contribution in [0.15, 0.2) is 24.3 Å². The van der Waals surface area contributed by atoms with Gasteiger partial charge in [0.05, 0.1) is 17.0 Å². The molecule has 0 aliphatic carbocycles. The minimum absolute atomic E-state index is 0.260. The van der Waals surface area contributed by atoms with Gasteiger partial charge in [0.15, 0.2) is 0 Å². The van der Waals surface area contributed by atoms with Crippen molar-refractivity contribution in [2.75, 3.05) is 5.73 Å². The minimum Gasteiger partial charge on any atom is -0.490 e. The highest BCUT2D eigenvalue weighted by Crippen LogP contribution is 2.31. The Bertz CT molecular complexity index is 574. The van der Waals surface area contributed by atoms with Gasteiger partial charge in [-0.2, -0.15) is 0 Å². The van der Waals surface area contributed by atoms with Gasteiger partial charge in [-0.25, -0.2) is 0 Å². The summed E-state index contributed by atoms with van der Waals surface area (Å²) in [5, 5.41) is 0.940. The van der Waals surface area contributed by atoms with Gasteiger partial charge in [0.2, 0.25) is 0 Å². The first-order chi connectivity index (χ1) is 9.65. The van der Waals surface area contributed by atoms with Crippen LogP contribution >= 0.6 is 0 Å². The number of aryl methyl sites for hydroxylation is 1. The zero-order valence-corrected chi connectivity index (χ0v) is 12.6. The van der Waals surface area contributed by atoms with E-state index >= 15 is 0 Å². The van der Waals surface area contributed by atoms with Crippen molar-refractivity contribution in [2.24, 2.45) is 0 Å². The lowest BCUT2D eigenvalue weighted by atomic mass is 10.1. The Hall–Kier alpha value is -1.77. The van der Waals surface area contributed by atoms with Gasteiger partial charge in [-0.3, -0.25) is 4.98 Å². The lowest BCUT2D eigenvalue weighted by Gasteiger charge is -2.19. The van der Waals surface area contributed by atoms with Crippen molar-refractivity contribution in [3.63, 3.8) is 0 Å². The Kier molecular flexibility index (Phi) is 4.83. The quantitative estimate of drug-likeness (QED) is 0.843. The summed E-state index contributed by atoms with van der Waals surface area (Å²) in [7, 11) is 0. The first kappa shape index (κ1) is 14.6. The van der Waals surface area contributed by atoms with E-state index in [1.165, 1.54) is 0 Å². The third-order valence-electron chi connectivity index (χ3n) is 3.47. The molecule has 0 aliphatic heterocycles. The second kappa shape index (κ2) is 6.60. The molecule has 3 heteroatoms. The molecule has 2 N–H and O–H groups in total. The smallest absolute Gasteiger partial charge is 0.131 e. The lowest BCUT2D eigenvalue weighted by Crippen LogP contribution is -2.16. The molecule has 2 rings (SSSR count).